The van der Waals surface area contributed by atoms with E-state index in [1.165, 1.54) is 19.4 Å². The fraction of sp³-hybridized carbons (Fsp3) is 0.923. The third kappa shape index (κ3) is 2.33. The van der Waals surface area contributed by atoms with Crippen molar-refractivity contribution in [2.45, 2.75) is 57.7 Å². The van der Waals surface area contributed by atoms with Crippen LogP contribution in [0.5, 0.6) is 0 Å². The van der Waals surface area contributed by atoms with Gasteiger partial charge in [-0.25, -0.2) is 0 Å². The van der Waals surface area contributed by atoms with E-state index in [4.69, 9.17) is 0 Å². The molecule has 3 unspecified atom stereocenters. The van der Waals surface area contributed by atoms with Crippen LogP contribution < -0.4 is 5.32 Å². The van der Waals surface area contributed by atoms with Crippen molar-refractivity contribution in [3.63, 3.8) is 0 Å². The summed E-state index contributed by atoms with van der Waals surface area (Å²) in [5.41, 5.74) is -0.712. The maximum Gasteiger partial charge on any atom is 0.323 e. The Morgan fingerprint density at radius 2 is 2.24 bits per heavy atom. The topological polar surface area (TPSA) is 52.6 Å². The summed E-state index contributed by atoms with van der Waals surface area (Å²) in [4.78, 5) is 13.8. The first-order chi connectivity index (χ1) is 7.94. The van der Waals surface area contributed by atoms with Crippen LogP contribution >= 0.6 is 0 Å². The zero-order valence-electron chi connectivity index (χ0n) is 11.1. The molecule has 0 aromatic rings. The minimum atomic E-state index is -0.714. The Morgan fingerprint density at radius 1 is 1.53 bits per heavy atom. The fourth-order valence-electron chi connectivity index (χ4n) is 3.42. The second-order valence-electron chi connectivity index (χ2n) is 6.02. The number of hydrogen-bond acceptors (Lipinski definition) is 3. The van der Waals surface area contributed by atoms with Gasteiger partial charge in [-0.05, 0) is 52.5 Å². The fourth-order valence-corrected chi connectivity index (χ4v) is 3.42. The van der Waals surface area contributed by atoms with Gasteiger partial charge in [0.2, 0.25) is 0 Å². The molecular weight excluding hydrogens is 216 g/mol. The van der Waals surface area contributed by atoms with Gasteiger partial charge in [0.1, 0.15) is 5.54 Å². The van der Waals surface area contributed by atoms with Crippen molar-refractivity contribution >= 4 is 5.97 Å². The molecule has 98 valence electrons. The van der Waals surface area contributed by atoms with Crippen molar-refractivity contribution in [3.05, 3.63) is 0 Å². The molecule has 0 aromatic heterocycles. The lowest BCUT2D eigenvalue weighted by Gasteiger charge is -2.32. The van der Waals surface area contributed by atoms with Crippen LogP contribution in [-0.4, -0.2) is 46.7 Å². The molecule has 2 fully saturated rings. The van der Waals surface area contributed by atoms with E-state index in [0.717, 1.165) is 13.0 Å². The summed E-state index contributed by atoms with van der Waals surface area (Å²) in [5.74, 6) is -0.227. The SMILES string of the molecule is CC(C)N1CCCC1C1CNC(C)(C(=O)O)C1. The lowest BCUT2D eigenvalue weighted by Crippen LogP contribution is -2.44. The maximum atomic E-state index is 11.2. The molecule has 2 saturated heterocycles. The van der Waals surface area contributed by atoms with Crippen LogP contribution in [0.1, 0.15) is 40.0 Å². The maximum absolute atomic E-state index is 11.2. The highest BCUT2D eigenvalue weighted by molar-refractivity contribution is 5.78. The number of carboxylic acids is 1. The molecular formula is C13H24N2O2. The van der Waals surface area contributed by atoms with Crippen LogP contribution in [0.15, 0.2) is 0 Å². The average molecular weight is 240 g/mol. The van der Waals surface area contributed by atoms with Gasteiger partial charge < -0.3 is 10.4 Å². The van der Waals surface area contributed by atoms with E-state index in [-0.39, 0.29) is 0 Å². The Morgan fingerprint density at radius 3 is 2.76 bits per heavy atom. The Balaban J connectivity index is 2.03. The summed E-state index contributed by atoms with van der Waals surface area (Å²) in [5, 5.41) is 12.4. The summed E-state index contributed by atoms with van der Waals surface area (Å²) in [7, 11) is 0. The van der Waals surface area contributed by atoms with Crippen LogP contribution in [0, 0.1) is 5.92 Å². The molecule has 2 heterocycles. The van der Waals surface area contributed by atoms with Gasteiger partial charge in [-0.3, -0.25) is 9.69 Å². The largest absolute Gasteiger partial charge is 0.480 e. The zero-order chi connectivity index (χ0) is 12.6. The van der Waals surface area contributed by atoms with Crippen molar-refractivity contribution in [1.29, 1.82) is 0 Å². The molecule has 2 aliphatic heterocycles. The smallest absolute Gasteiger partial charge is 0.323 e. The van der Waals surface area contributed by atoms with Gasteiger partial charge in [-0.1, -0.05) is 0 Å². The monoisotopic (exact) mass is 240 g/mol. The molecule has 17 heavy (non-hydrogen) atoms. The van der Waals surface area contributed by atoms with E-state index in [0.29, 0.717) is 18.0 Å². The van der Waals surface area contributed by atoms with Crippen LogP contribution in [0.3, 0.4) is 0 Å². The minimum absolute atomic E-state index is 0.487. The second-order valence-corrected chi connectivity index (χ2v) is 6.02. The molecule has 4 nitrogen and oxygen atoms in total. The lowest BCUT2D eigenvalue weighted by atomic mass is 9.89. The van der Waals surface area contributed by atoms with Gasteiger partial charge >= 0.3 is 5.97 Å². The highest BCUT2D eigenvalue weighted by atomic mass is 16.4. The standard InChI is InChI=1S/C13H24N2O2/c1-9(2)15-6-4-5-11(15)10-7-13(3,12(16)17)14-8-10/h9-11,14H,4-8H2,1-3H3,(H,16,17). The number of nitrogens with one attached hydrogen (secondary N) is 1. The van der Waals surface area contributed by atoms with E-state index >= 15 is 0 Å². The van der Waals surface area contributed by atoms with E-state index in [2.05, 4.69) is 24.1 Å². The number of aliphatic carboxylic acids is 1. The number of carbonyl (C=O) groups is 1. The van der Waals surface area contributed by atoms with Gasteiger partial charge in [0.05, 0.1) is 0 Å². The molecule has 2 N–H and O–H groups in total. The highest BCUT2D eigenvalue weighted by Gasteiger charge is 2.45. The third-order valence-corrected chi connectivity index (χ3v) is 4.45. The van der Waals surface area contributed by atoms with Crippen molar-refractivity contribution in [1.82, 2.24) is 10.2 Å². The Labute approximate surface area is 103 Å². The van der Waals surface area contributed by atoms with E-state index in [1.807, 2.05) is 6.92 Å². The Kier molecular flexibility index (Phi) is 3.46. The molecule has 2 aliphatic rings. The van der Waals surface area contributed by atoms with Crippen molar-refractivity contribution < 1.29 is 9.90 Å². The van der Waals surface area contributed by atoms with Crippen LogP contribution in [0.25, 0.3) is 0 Å². The molecule has 2 rings (SSSR count). The second kappa shape index (κ2) is 4.58. The molecule has 0 aromatic carbocycles. The summed E-state index contributed by atoms with van der Waals surface area (Å²) < 4.78 is 0. The van der Waals surface area contributed by atoms with E-state index in [1.54, 1.807) is 0 Å². The van der Waals surface area contributed by atoms with E-state index < -0.39 is 11.5 Å². The Bertz CT molecular complexity index is 306. The van der Waals surface area contributed by atoms with E-state index in [9.17, 15) is 9.90 Å². The number of likely N-dealkylation sites (tertiary alicyclic amines) is 1. The minimum Gasteiger partial charge on any atom is -0.480 e. The molecule has 0 aliphatic carbocycles. The number of nitrogens with zero attached hydrogens (tertiary/aromatic N) is 1. The Hall–Kier alpha value is -0.610. The van der Waals surface area contributed by atoms with Crippen LogP contribution in [0.2, 0.25) is 0 Å². The van der Waals surface area contributed by atoms with Crippen LogP contribution in [0.4, 0.5) is 0 Å². The van der Waals surface area contributed by atoms with Gasteiger partial charge in [-0.2, -0.15) is 0 Å². The molecule has 0 saturated carbocycles. The predicted molar refractivity (Wildman–Crippen MR) is 67.0 cm³/mol. The number of carboxylic acid groups (broad SMARTS) is 1. The zero-order valence-corrected chi connectivity index (χ0v) is 11.1. The molecule has 0 amide bonds. The summed E-state index contributed by atoms with van der Waals surface area (Å²) in [6.07, 6.45) is 3.24. The van der Waals surface area contributed by atoms with Crippen molar-refractivity contribution in [2.75, 3.05) is 13.1 Å². The first-order valence-electron chi connectivity index (χ1n) is 6.68. The third-order valence-electron chi connectivity index (χ3n) is 4.45. The van der Waals surface area contributed by atoms with Crippen molar-refractivity contribution in [3.8, 4) is 0 Å². The first-order valence-corrected chi connectivity index (χ1v) is 6.68. The number of rotatable bonds is 3. The lowest BCUT2D eigenvalue weighted by molar-refractivity contribution is -0.143. The van der Waals surface area contributed by atoms with Gasteiger partial charge in [-0.15, -0.1) is 0 Å². The number of hydrogen-bond donors (Lipinski definition) is 2. The normalized spacial score (nSPS) is 39.1. The molecule has 4 heteroatoms. The summed E-state index contributed by atoms with van der Waals surface area (Å²) in [6, 6.07) is 1.14. The first kappa shape index (κ1) is 12.8. The highest BCUT2D eigenvalue weighted by Crippen LogP contribution is 2.34. The summed E-state index contributed by atoms with van der Waals surface area (Å²) in [6.45, 7) is 8.29. The summed E-state index contributed by atoms with van der Waals surface area (Å²) >= 11 is 0. The quantitative estimate of drug-likeness (QED) is 0.781. The predicted octanol–water partition coefficient (Wildman–Crippen LogP) is 1.31. The molecule has 0 spiro atoms. The molecule has 0 radical (unpaired) electrons. The molecule has 0 bridgehead atoms. The van der Waals surface area contributed by atoms with Gasteiger partial charge in [0.15, 0.2) is 0 Å². The van der Waals surface area contributed by atoms with Gasteiger partial charge in [0, 0.05) is 18.6 Å². The average Bonchev–Trinajstić information content (AvgIpc) is 2.83. The van der Waals surface area contributed by atoms with Crippen LogP contribution in [-0.2, 0) is 4.79 Å². The van der Waals surface area contributed by atoms with Gasteiger partial charge in [0.25, 0.3) is 0 Å². The molecule has 3 atom stereocenters. The van der Waals surface area contributed by atoms with Crippen molar-refractivity contribution in [2.24, 2.45) is 5.92 Å².